The second kappa shape index (κ2) is 7.63. The summed E-state index contributed by atoms with van der Waals surface area (Å²) in [6.07, 6.45) is 0. The Morgan fingerprint density at radius 2 is 1.96 bits per heavy atom. The Morgan fingerprint density at radius 1 is 1.22 bits per heavy atom. The summed E-state index contributed by atoms with van der Waals surface area (Å²) in [7, 11) is -0.504. The zero-order valence-electron chi connectivity index (χ0n) is 15.3. The number of aromatic nitrogens is 2. The lowest BCUT2D eigenvalue weighted by molar-refractivity contribution is 0.521. The van der Waals surface area contributed by atoms with Gasteiger partial charge in [-0.05, 0) is 49.0 Å². The van der Waals surface area contributed by atoms with Crippen LogP contribution in [0, 0.1) is 6.92 Å². The van der Waals surface area contributed by atoms with Gasteiger partial charge in [-0.1, -0.05) is 18.2 Å². The highest BCUT2D eigenvalue weighted by atomic mass is 32.2. The summed E-state index contributed by atoms with van der Waals surface area (Å²) in [5.41, 5.74) is 3.39. The highest BCUT2D eigenvalue weighted by Crippen LogP contribution is 2.22. The number of aromatic amines is 1. The van der Waals surface area contributed by atoms with Crippen molar-refractivity contribution in [3.8, 4) is 0 Å². The summed E-state index contributed by atoms with van der Waals surface area (Å²) in [4.78, 5) is 7.92. The molecule has 0 aliphatic rings. The van der Waals surface area contributed by atoms with Gasteiger partial charge in [0, 0.05) is 19.8 Å². The molecule has 1 heterocycles. The van der Waals surface area contributed by atoms with Crippen LogP contribution >= 0.6 is 12.2 Å². The summed E-state index contributed by atoms with van der Waals surface area (Å²) >= 11 is 5.34. The van der Waals surface area contributed by atoms with Crippen LogP contribution in [0.4, 0.5) is 5.69 Å². The third kappa shape index (κ3) is 4.26. The molecule has 0 unspecified atom stereocenters. The van der Waals surface area contributed by atoms with Crippen LogP contribution in [0.15, 0.2) is 47.4 Å². The normalized spacial score (nSPS) is 11.7. The molecule has 27 heavy (non-hydrogen) atoms. The lowest BCUT2D eigenvalue weighted by Gasteiger charge is -2.15. The van der Waals surface area contributed by atoms with E-state index >= 15 is 0 Å². The van der Waals surface area contributed by atoms with E-state index in [-0.39, 0.29) is 4.90 Å². The summed E-state index contributed by atoms with van der Waals surface area (Å²) in [5.74, 6) is 0.765. The number of sulfonamides is 1. The molecule has 3 rings (SSSR count). The lowest BCUT2D eigenvalue weighted by Crippen LogP contribution is -2.29. The first-order chi connectivity index (χ1) is 12.8. The van der Waals surface area contributed by atoms with Crippen molar-refractivity contribution >= 4 is 44.1 Å². The van der Waals surface area contributed by atoms with Gasteiger partial charge in [0.05, 0.1) is 22.5 Å². The Hall–Kier alpha value is -2.49. The highest BCUT2D eigenvalue weighted by Gasteiger charge is 2.18. The minimum absolute atomic E-state index is 0.209. The van der Waals surface area contributed by atoms with Crippen LogP contribution in [0.5, 0.6) is 0 Å². The second-order valence-electron chi connectivity index (χ2n) is 6.27. The van der Waals surface area contributed by atoms with Crippen LogP contribution in [-0.4, -0.2) is 41.9 Å². The number of imidazole rings is 1. The molecule has 9 heteroatoms. The van der Waals surface area contributed by atoms with Gasteiger partial charge in [0.25, 0.3) is 0 Å². The van der Waals surface area contributed by atoms with E-state index in [0.29, 0.717) is 17.3 Å². The predicted molar refractivity (Wildman–Crippen MR) is 111 cm³/mol. The van der Waals surface area contributed by atoms with E-state index in [4.69, 9.17) is 12.2 Å². The second-order valence-corrected chi connectivity index (χ2v) is 8.83. The fraction of sp³-hybridized carbons (Fsp3) is 0.222. The SMILES string of the molecule is Cc1ccc(S(=O)(=O)N(C)C)cc1NC(=S)NCc1nc2ccccc2[nH]1. The largest absolute Gasteiger partial charge is 0.355 e. The number of nitrogens with one attached hydrogen (secondary N) is 3. The summed E-state index contributed by atoms with van der Waals surface area (Å²) in [6.45, 7) is 2.31. The molecular formula is C18H21N5O2S2. The first-order valence-electron chi connectivity index (χ1n) is 8.29. The Morgan fingerprint density at radius 3 is 2.67 bits per heavy atom. The smallest absolute Gasteiger partial charge is 0.242 e. The van der Waals surface area contributed by atoms with Crippen molar-refractivity contribution in [1.82, 2.24) is 19.6 Å². The average Bonchev–Trinajstić information content (AvgIpc) is 3.04. The Kier molecular flexibility index (Phi) is 5.45. The number of para-hydroxylation sites is 2. The van der Waals surface area contributed by atoms with Crippen molar-refractivity contribution in [1.29, 1.82) is 0 Å². The first-order valence-corrected chi connectivity index (χ1v) is 10.1. The molecule has 0 saturated heterocycles. The van der Waals surface area contributed by atoms with Crippen molar-refractivity contribution in [3.63, 3.8) is 0 Å². The van der Waals surface area contributed by atoms with E-state index in [1.54, 1.807) is 18.2 Å². The number of thiocarbonyl (C=S) groups is 1. The van der Waals surface area contributed by atoms with Crippen molar-refractivity contribution in [2.45, 2.75) is 18.4 Å². The molecule has 0 spiro atoms. The molecule has 0 atom stereocenters. The third-order valence-corrected chi connectivity index (χ3v) is 6.15. The minimum Gasteiger partial charge on any atom is -0.355 e. The van der Waals surface area contributed by atoms with Gasteiger partial charge in [-0.2, -0.15) is 0 Å². The standard InChI is InChI=1S/C18H21N5O2S2/c1-12-8-9-13(27(24,25)23(2)3)10-16(12)22-18(26)19-11-17-20-14-6-4-5-7-15(14)21-17/h4-10H,11H2,1-3H3,(H,20,21)(H2,19,22,26). The van der Waals surface area contributed by atoms with Crippen LogP contribution in [0.1, 0.15) is 11.4 Å². The van der Waals surface area contributed by atoms with Gasteiger partial charge in [-0.3, -0.25) is 0 Å². The number of hydrogen-bond donors (Lipinski definition) is 3. The maximum absolute atomic E-state index is 12.3. The van der Waals surface area contributed by atoms with Gasteiger partial charge in [-0.15, -0.1) is 0 Å². The predicted octanol–water partition coefficient (Wildman–Crippen LogP) is 2.61. The first kappa shape index (κ1) is 19.3. The molecule has 0 bridgehead atoms. The molecule has 0 radical (unpaired) electrons. The van der Waals surface area contributed by atoms with E-state index in [0.717, 1.165) is 22.4 Å². The molecule has 0 amide bonds. The van der Waals surface area contributed by atoms with E-state index in [1.807, 2.05) is 31.2 Å². The van der Waals surface area contributed by atoms with E-state index in [9.17, 15) is 8.42 Å². The van der Waals surface area contributed by atoms with Crippen molar-refractivity contribution in [2.24, 2.45) is 0 Å². The number of rotatable bonds is 5. The molecule has 142 valence electrons. The molecule has 2 aromatic carbocycles. The van der Waals surface area contributed by atoms with Crippen LogP contribution in [0.3, 0.4) is 0 Å². The molecule has 0 aliphatic heterocycles. The number of benzene rings is 2. The molecule has 7 nitrogen and oxygen atoms in total. The van der Waals surface area contributed by atoms with Gasteiger partial charge in [-0.25, -0.2) is 17.7 Å². The molecular weight excluding hydrogens is 382 g/mol. The number of fused-ring (bicyclic) bond motifs is 1. The summed E-state index contributed by atoms with van der Waals surface area (Å²) < 4.78 is 25.8. The third-order valence-electron chi connectivity index (χ3n) is 4.09. The minimum atomic E-state index is -3.51. The van der Waals surface area contributed by atoms with E-state index in [1.165, 1.54) is 18.4 Å². The maximum Gasteiger partial charge on any atom is 0.242 e. The maximum atomic E-state index is 12.3. The van der Waals surface area contributed by atoms with Crippen molar-refractivity contribution in [3.05, 3.63) is 53.9 Å². The van der Waals surface area contributed by atoms with Crippen LogP contribution < -0.4 is 10.6 Å². The number of H-pyrrole nitrogens is 1. The van der Waals surface area contributed by atoms with E-state index in [2.05, 4.69) is 20.6 Å². The Bertz CT molecular complexity index is 1060. The van der Waals surface area contributed by atoms with Crippen molar-refractivity contribution < 1.29 is 8.42 Å². The molecule has 0 aliphatic carbocycles. The molecule has 1 aromatic heterocycles. The Balaban J connectivity index is 1.70. The quantitative estimate of drug-likeness (QED) is 0.568. The summed E-state index contributed by atoms with van der Waals surface area (Å²) in [5, 5.41) is 6.53. The van der Waals surface area contributed by atoms with Crippen LogP contribution in [0.25, 0.3) is 11.0 Å². The number of nitrogens with zero attached hydrogens (tertiary/aromatic N) is 2. The zero-order chi connectivity index (χ0) is 19.6. The fourth-order valence-corrected chi connectivity index (χ4v) is 3.64. The fourth-order valence-electron chi connectivity index (χ4n) is 2.53. The molecule has 0 fully saturated rings. The van der Waals surface area contributed by atoms with Crippen LogP contribution in [0.2, 0.25) is 0 Å². The molecule has 3 aromatic rings. The Labute approximate surface area is 163 Å². The highest BCUT2D eigenvalue weighted by molar-refractivity contribution is 7.89. The van der Waals surface area contributed by atoms with Gasteiger partial charge in [0.1, 0.15) is 5.82 Å². The topological polar surface area (TPSA) is 90.1 Å². The van der Waals surface area contributed by atoms with Gasteiger partial charge < -0.3 is 15.6 Å². The average molecular weight is 404 g/mol. The van der Waals surface area contributed by atoms with E-state index < -0.39 is 10.0 Å². The number of aryl methyl sites for hydroxylation is 1. The van der Waals surface area contributed by atoms with Gasteiger partial charge >= 0.3 is 0 Å². The lowest BCUT2D eigenvalue weighted by atomic mass is 10.2. The number of anilines is 1. The number of hydrogen-bond acceptors (Lipinski definition) is 4. The summed E-state index contributed by atoms with van der Waals surface area (Å²) in [6, 6.07) is 12.7. The van der Waals surface area contributed by atoms with Crippen LogP contribution in [-0.2, 0) is 16.6 Å². The monoisotopic (exact) mass is 403 g/mol. The zero-order valence-corrected chi connectivity index (χ0v) is 16.9. The van der Waals surface area contributed by atoms with Gasteiger partial charge in [0.2, 0.25) is 10.0 Å². The van der Waals surface area contributed by atoms with Crippen molar-refractivity contribution in [2.75, 3.05) is 19.4 Å². The molecule has 3 N–H and O–H groups in total. The molecule has 0 saturated carbocycles. The van der Waals surface area contributed by atoms with Gasteiger partial charge in [0.15, 0.2) is 5.11 Å².